The number of nitrogens with zero attached hydrogens (tertiary/aromatic N) is 2. The van der Waals surface area contributed by atoms with Crippen molar-refractivity contribution in [2.24, 2.45) is 0 Å². The zero-order valence-corrected chi connectivity index (χ0v) is 19.4. The minimum absolute atomic E-state index is 0.0556. The van der Waals surface area contributed by atoms with Gasteiger partial charge in [-0.25, -0.2) is 22.0 Å². The third kappa shape index (κ3) is 5.48. The van der Waals surface area contributed by atoms with Crippen LogP contribution in [0.3, 0.4) is 0 Å². The minimum atomic E-state index is -2.18. The number of furan rings is 1. The van der Waals surface area contributed by atoms with Crippen molar-refractivity contribution in [3.8, 4) is 0 Å². The molecule has 0 bridgehead atoms. The van der Waals surface area contributed by atoms with Gasteiger partial charge in [0.1, 0.15) is 11.4 Å². The van der Waals surface area contributed by atoms with E-state index in [-0.39, 0.29) is 18.2 Å². The molecule has 0 aliphatic carbocycles. The first-order valence-corrected chi connectivity index (χ1v) is 11.1. The van der Waals surface area contributed by atoms with Crippen molar-refractivity contribution in [2.45, 2.75) is 0 Å². The molecule has 1 aliphatic rings. The molecule has 3 aromatic rings. The molecule has 1 fully saturated rings. The Morgan fingerprint density at radius 1 is 0.861 bits per heavy atom. The molecule has 4 rings (SSSR count). The summed E-state index contributed by atoms with van der Waals surface area (Å²) in [6, 6.07) is 10.4. The average Bonchev–Trinajstić information content (AvgIpc) is 3.40. The van der Waals surface area contributed by atoms with Gasteiger partial charge in [-0.3, -0.25) is 10.1 Å². The molecule has 0 spiro atoms. The maximum Gasteiger partial charge on any atom is 0.250 e. The smallest absolute Gasteiger partial charge is 0.250 e. The number of nitrogens with one attached hydrogen (secondary N) is 2. The molecule has 0 radical (unpaired) electrons. The van der Waals surface area contributed by atoms with Crippen LogP contribution in [0.5, 0.6) is 0 Å². The standard InChI is InChI=1S/C24H19F5N4O2S/c25-18-19(26)21(28)23(22(29)20(18)27)33-11-9-32(10-12-33)15-5-3-14(4-6-15)30-24(36)31-17(34)8-7-16-2-1-13-35-16/h1-8,13H,9-12H2,(H2,30,31,34,36)/b8-7+. The molecule has 6 nitrogen and oxygen atoms in total. The number of hydrogen-bond acceptors (Lipinski definition) is 5. The molecule has 0 saturated carbocycles. The number of halogens is 5. The van der Waals surface area contributed by atoms with Gasteiger partial charge in [0.25, 0.3) is 0 Å². The molecule has 2 aromatic carbocycles. The van der Waals surface area contributed by atoms with Crippen molar-refractivity contribution >= 4 is 46.4 Å². The fourth-order valence-corrected chi connectivity index (χ4v) is 3.89. The molecule has 1 amide bonds. The van der Waals surface area contributed by atoms with Gasteiger partial charge in [-0.05, 0) is 54.7 Å². The van der Waals surface area contributed by atoms with Crippen LogP contribution in [0, 0.1) is 29.1 Å². The van der Waals surface area contributed by atoms with Crippen molar-refractivity contribution in [3.63, 3.8) is 0 Å². The number of piperazine rings is 1. The Morgan fingerprint density at radius 3 is 2.03 bits per heavy atom. The largest absolute Gasteiger partial charge is 0.465 e. The van der Waals surface area contributed by atoms with Crippen LogP contribution in [-0.4, -0.2) is 37.2 Å². The van der Waals surface area contributed by atoms with Gasteiger partial charge in [0.2, 0.25) is 11.7 Å². The van der Waals surface area contributed by atoms with Gasteiger partial charge in [-0.1, -0.05) is 0 Å². The summed E-state index contributed by atoms with van der Waals surface area (Å²) in [6.07, 6.45) is 4.26. The molecule has 12 heteroatoms. The van der Waals surface area contributed by atoms with Crippen molar-refractivity contribution in [1.82, 2.24) is 5.32 Å². The number of benzene rings is 2. The highest BCUT2D eigenvalue weighted by Crippen LogP contribution is 2.31. The monoisotopic (exact) mass is 522 g/mol. The molecule has 2 heterocycles. The third-order valence-electron chi connectivity index (χ3n) is 5.45. The Morgan fingerprint density at radius 2 is 1.44 bits per heavy atom. The van der Waals surface area contributed by atoms with E-state index in [0.717, 1.165) is 10.6 Å². The van der Waals surface area contributed by atoms with Crippen molar-refractivity contribution in [1.29, 1.82) is 0 Å². The summed E-state index contributed by atoms with van der Waals surface area (Å²) in [7, 11) is 0. The lowest BCUT2D eigenvalue weighted by Crippen LogP contribution is -2.47. The van der Waals surface area contributed by atoms with Crippen LogP contribution in [0.1, 0.15) is 5.76 Å². The van der Waals surface area contributed by atoms with E-state index in [9.17, 15) is 26.7 Å². The topological polar surface area (TPSA) is 60.8 Å². The van der Waals surface area contributed by atoms with Crippen LogP contribution in [0.15, 0.2) is 53.2 Å². The summed E-state index contributed by atoms with van der Waals surface area (Å²) in [4.78, 5) is 15.0. The molecule has 0 unspecified atom stereocenters. The van der Waals surface area contributed by atoms with Gasteiger partial charge in [0, 0.05) is 43.6 Å². The van der Waals surface area contributed by atoms with Crippen molar-refractivity contribution < 1.29 is 31.2 Å². The van der Waals surface area contributed by atoms with E-state index < -0.39 is 40.7 Å². The van der Waals surface area contributed by atoms with Crippen LogP contribution in [0.4, 0.5) is 39.0 Å². The number of amides is 1. The molecule has 2 N–H and O–H groups in total. The number of thiocarbonyl (C=S) groups is 1. The molecule has 0 atom stereocenters. The van der Waals surface area contributed by atoms with Gasteiger partial charge in [0.15, 0.2) is 28.4 Å². The lowest BCUT2D eigenvalue weighted by Gasteiger charge is -2.37. The summed E-state index contributed by atoms with van der Waals surface area (Å²) in [5, 5.41) is 5.48. The van der Waals surface area contributed by atoms with E-state index in [0.29, 0.717) is 24.5 Å². The number of hydrogen-bond donors (Lipinski definition) is 2. The van der Waals surface area contributed by atoms with Crippen LogP contribution < -0.4 is 20.4 Å². The first-order chi connectivity index (χ1) is 17.2. The second-order valence-electron chi connectivity index (χ2n) is 7.73. The number of rotatable bonds is 5. The summed E-state index contributed by atoms with van der Waals surface area (Å²) in [5.41, 5.74) is 0.480. The fourth-order valence-electron chi connectivity index (χ4n) is 3.67. The normalized spacial score (nSPS) is 13.8. The summed E-state index contributed by atoms with van der Waals surface area (Å²) in [6.45, 7) is 0.700. The second kappa shape index (κ2) is 10.8. The third-order valence-corrected chi connectivity index (χ3v) is 5.66. The van der Waals surface area contributed by atoms with Crippen LogP contribution in [0.2, 0.25) is 0 Å². The maximum atomic E-state index is 14.1. The Labute approximate surface area is 208 Å². The van der Waals surface area contributed by atoms with Crippen molar-refractivity contribution in [3.05, 3.63) is 83.6 Å². The minimum Gasteiger partial charge on any atom is -0.465 e. The van der Waals surface area contributed by atoms with Gasteiger partial charge in [-0.2, -0.15) is 0 Å². The van der Waals surface area contributed by atoms with E-state index in [2.05, 4.69) is 10.6 Å². The van der Waals surface area contributed by atoms with E-state index in [4.69, 9.17) is 16.6 Å². The summed E-state index contributed by atoms with van der Waals surface area (Å²) in [5.74, 6) is -9.69. The Hall–Kier alpha value is -3.93. The zero-order valence-electron chi connectivity index (χ0n) is 18.5. The van der Waals surface area contributed by atoms with Gasteiger partial charge < -0.3 is 19.5 Å². The first kappa shape index (κ1) is 25.2. The quantitative estimate of drug-likeness (QED) is 0.165. The Balaban J connectivity index is 1.32. The van der Waals surface area contributed by atoms with Crippen LogP contribution >= 0.6 is 12.2 Å². The first-order valence-electron chi connectivity index (χ1n) is 10.7. The highest BCUT2D eigenvalue weighted by Gasteiger charge is 2.30. The van der Waals surface area contributed by atoms with E-state index >= 15 is 0 Å². The number of anilines is 3. The molecule has 36 heavy (non-hydrogen) atoms. The zero-order chi connectivity index (χ0) is 25.8. The van der Waals surface area contributed by atoms with Crippen LogP contribution in [-0.2, 0) is 4.79 Å². The van der Waals surface area contributed by atoms with Gasteiger partial charge >= 0.3 is 0 Å². The number of carbonyl (C=O) groups excluding carboxylic acids is 1. The molecular weight excluding hydrogens is 503 g/mol. The summed E-state index contributed by atoms with van der Waals surface area (Å²) < 4.78 is 73.7. The van der Waals surface area contributed by atoms with E-state index in [1.807, 2.05) is 4.90 Å². The van der Waals surface area contributed by atoms with Crippen LogP contribution in [0.25, 0.3) is 6.08 Å². The Bertz CT molecular complexity index is 1260. The van der Waals surface area contributed by atoms with Gasteiger partial charge in [-0.15, -0.1) is 0 Å². The second-order valence-corrected chi connectivity index (χ2v) is 8.14. The van der Waals surface area contributed by atoms with Gasteiger partial charge in [0.05, 0.1) is 6.26 Å². The molecular formula is C24H19F5N4O2S. The van der Waals surface area contributed by atoms with E-state index in [1.165, 1.54) is 18.4 Å². The van der Waals surface area contributed by atoms with Crippen molar-refractivity contribution in [2.75, 3.05) is 41.3 Å². The summed E-state index contributed by atoms with van der Waals surface area (Å²) >= 11 is 5.14. The lowest BCUT2D eigenvalue weighted by molar-refractivity contribution is -0.115. The Kier molecular flexibility index (Phi) is 7.53. The SMILES string of the molecule is O=C(/C=C/c1ccco1)NC(=S)Nc1ccc(N2CCN(c3c(F)c(F)c(F)c(F)c3F)CC2)cc1. The highest BCUT2D eigenvalue weighted by molar-refractivity contribution is 7.80. The predicted molar refractivity (Wildman–Crippen MR) is 129 cm³/mol. The molecule has 1 aliphatic heterocycles. The lowest BCUT2D eigenvalue weighted by atomic mass is 10.2. The maximum absolute atomic E-state index is 14.1. The average molecular weight is 522 g/mol. The molecule has 1 aromatic heterocycles. The molecule has 1 saturated heterocycles. The predicted octanol–water partition coefficient (Wildman–Crippen LogP) is 4.83. The highest BCUT2D eigenvalue weighted by atomic mass is 32.1. The fraction of sp³-hybridized carbons (Fsp3) is 0.167. The van der Waals surface area contributed by atoms with E-state index in [1.54, 1.807) is 36.4 Å². The molecule has 188 valence electrons. The number of carbonyl (C=O) groups is 1.